The summed E-state index contributed by atoms with van der Waals surface area (Å²) in [6.45, 7) is 1.43. The summed E-state index contributed by atoms with van der Waals surface area (Å²) in [5, 5.41) is 3.70. The molecule has 0 aliphatic heterocycles. The van der Waals surface area contributed by atoms with E-state index >= 15 is 0 Å². The summed E-state index contributed by atoms with van der Waals surface area (Å²) in [6.07, 6.45) is 2.15. The molecule has 0 bridgehead atoms. The van der Waals surface area contributed by atoms with E-state index in [0.717, 1.165) is 16.8 Å². The van der Waals surface area contributed by atoms with Gasteiger partial charge in [-0.25, -0.2) is 18.2 Å². The molecule has 2 aromatic rings. The van der Waals surface area contributed by atoms with Gasteiger partial charge in [0.2, 0.25) is 10.0 Å². The third kappa shape index (κ3) is 5.27. The van der Waals surface area contributed by atoms with Gasteiger partial charge in [-0.15, -0.1) is 0 Å². The summed E-state index contributed by atoms with van der Waals surface area (Å²) in [5.74, 6) is -0.595. The van der Waals surface area contributed by atoms with Crippen LogP contribution in [0, 0.1) is 5.82 Å². The summed E-state index contributed by atoms with van der Waals surface area (Å²) < 4.78 is 44.0. The maximum absolute atomic E-state index is 13.5. The number of carbonyl (C=O) groups is 1. The van der Waals surface area contributed by atoms with Crippen molar-refractivity contribution in [2.24, 2.45) is 5.10 Å². The molecule has 9 heteroatoms. The van der Waals surface area contributed by atoms with E-state index < -0.39 is 27.8 Å². The van der Waals surface area contributed by atoms with Gasteiger partial charge >= 0.3 is 0 Å². The minimum Gasteiger partial charge on any atom is -0.497 e. The molecule has 0 unspecified atom stereocenters. The second-order valence-electron chi connectivity index (χ2n) is 5.69. The van der Waals surface area contributed by atoms with Crippen LogP contribution in [-0.2, 0) is 14.8 Å². The molecule has 0 aromatic heterocycles. The lowest BCUT2D eigenvalue weighted by atomic mass is 10.2. The number of halogens is 1. The van der Waals surface area contributed by atoms with Crippen molar-refractivity contribution in [2.45, 2.75) is 13.0 Å². The zero-order valence-electron chi connectivity index (χ0n) is 15.1. The van der Waals surface area contributed by atoms with Crippen LogP contribution in [0.1, 0.15) is 12.5 Å². The number of ether oxygens (including phenoxy) is 1. The van der Waals surface area contributed by atoms with Crippen molar-refractivity contribution >= 4 is 27.8 Å². The van der Waals surface area contributed by atoms with Crippen LogP contribution in [-0.4, -0.2) is 39.9 Å². The van der Waals surface area contributed by atoms with E-state index in [0.29, 0.717) is 11.4 Å². The molecule has 0 saturated heterocycles. The standard InChI is InChI=1S/C18H20FN3O4S/c1-13(18(23)21-20-12-14-6-4-5-7-17(14)19)22(27(3,24)25)15-8-10-16(26-2)11-9-15/h4-13H,1-3H3,(H,21,23)/b20-12-/t13-/m1/s1. The number of sulfonamides is 1. The molecule has 144 valence electrons. The fourth-order valence-electron chi connectivity index (χ4n) is 2.38. The average Bonchev–Trinajstić information content (AvgIpc) is 2.62. The van der Waals surface area contributed by atoms with Gasteiger partial charge in [0.05, 0.1) is 25.3 Å². The number of amides is 1. The number of nitrogens with one attached hydrogen (secondary N) is 1. The number of benzene rings is 2. The number of rotatable bonds is 7. The van der Waals surface area contributed by atoms with Crippen LogP contribution >= 0.6 is 0 Å². The molecule has 0 saturated carbocycles. The first kappa shape index (κ1) is 20.4. The fourth-order valence-corrected chi connectivity index (χ4v) is 3.55. The van der Waals surface area contributed by atoms with Crippen molar-refractivity contribution in [3.63, 3.8) is 0 Å². The SMILES string of the molecule is COc1ccc(N([C@H](C)C(=O)N/N=C\c2ccccc2F)S(C)(=O)=O)cc1. The van der Waals surface area contributed by atoms with Crippen molar-refractivity contribution in [1.82, 2.24) is 5.43 Å². The number of hydrazone groups is 1. The number of hydrogen-bond acceptors (Lipinski definition) is 5. The van der Waals surface area contributed by atoms with Gasteiger partial charge in [-0.05, 0) is 37.3 Å². The van der Waals surface area contributed by atoms with Gasteiger partial charge in [0.25, 0.3) is 5.91 Å². The van der Waals surface area contributed by atoms with Gasteiger partial charge in [-0.3, -0.25) is 9.10 Å². The lowest BCUT2D eigenvalue weighted by Gasteiger charge is -2.27. The maximum Gasteiger partial charge on any atom is 0.263 e. The summed E-state index contributed by atoms with van der Waals surface area (Å²) in [6, 6.07) is 11.1. The Bertz CT molecular complexity index is 930. The molecule has 27 heavy (non-hydrogen) atoms. The van der Waals surface area contributed by atoms with Crippen LogP contribution < -0.4 is 14.5 Å². The van der Waals surface area contributed by atoms with Crippen molar-refractivity contribution in [3.05, 3.63) is 59.9 Å². The van der Waals surface area contributed by atoms with Crippen molar-refractivity contribution in [1.29, 1.82) is 0 Å². The second-order valence-corrected chi connectivity index (χ2v) is 7.55. The molecule has 0 fully saturated rings. The van der Waals surface area contributed by atoms with Crippen molar-refractivity contribution in [2.75, 3.05) is 17.7 Å². The Kier molecular flexibility index (Phi) is 6.51. The molecule has 0 aliphatic rings. The third-order valence-corrected chi connectivity index (χ3v) is 4.94. The van der Waals surface area contributed by atoms with E-state index in [1.807, 2.05) is 0 Å². The number of anilines is 1. The van der Waals surface area contributed by atoms with Gasteiger partial charge < -0.3 is 4.74 Å². The predicted molar refractivity (Wildman–Crippen MR) is 102 cm³/mol. The van der Waals surface area contributed by atoms with Gasteiger partial charge in [0.1, 0.15) is 17.6 Å². The number of nitrogens with zero attached hydrogens (tertiary/aromatic N) is 2. The quantitative estimate of drug-likeness (QED) is 0.577. The number of hydrogen-bond donors (Lipinski definition) is 1. The highest BCUT2D eigenvalue weighted by molar-refractivity contribution is 7.92. The Morgan fingerprint density at radius 3 is 2.41 bits per heavy atom. The Hall–Kier alpha value is -2.94. The smallest absolute Gasteiger partial charge is 0.263 e. The van der Waals surface area contributed by atoms with E-state index in [-0.39, 0.29) is 5.56 Å². The van der Waals surface area contributed by atoms with Gasteiger partial charge in [0, 0.05) is 5.56 Å². The highest BCUT2D eigenvalue weighted by atomic mass is 32.2. The highest BCUT2D eigenvalue weighted by Crippen LogP contribution is 2.23. The monoisotopic (exact) mass is 393 g/mol. The lowest BCUT2D eigenvalue weighted by molar-refractivity contribution is -0.121. The van der Waals surface area contributed by atoms with Crippen LogP contribution in [0.25, 0.3) is 0 Å². The first-order chi connectivity index (χ1) is 12.7. The number of carbonyl (C=O) groups excluding carboxylic acids is 1. The molecule has 0 radical (unpaired) electrons. The van der Waals surface area contributed by atoms with E-state index in [9.17, 15) is 17.6 Å². The van der Waals surface area contributed by atoms with Gasteiger partial charge in [0.15, 0.2) is 0 Å². The summed E-state index contributed by atoms with van der Waals surface area (Å²) >= 11 is 0. The zero-order valence-corrected chi connectivity index (χ0v) is 15.9. The Labute approximate surface area is 157 Å². The molecule has 0 aliphatic carbocycles. The summed E-state index contributed by atoms with van der Waals surface area (Å²) in [5.41, 5.74) is 2.74. The molecule has 1 atom stereocenters. The Morgan fingerprint density at radius 2 is 1.85 bits per heavy atom. The predicted octanol–water partition coefficient (Wildman–Crippen LogP) is 2.14. The largest absolute Gasteiger partial charge is 0.497 e. The Balaban J connectivity index is 2.18. The molecule has 7 nitrogen and oxygen atoms in total. The number of methoxy groups -OCH3 is 1. The van der Waals surface area contributed by atoms with E-state index in [1.165, 1.54) is 44.4 Å². The van der Waals surface area contributed by atoms with Crippen LogP contribution in [0.5, 0.6) is 5.75 Å². The topological polar surface area (TPSA) is 88.1 Å². The molecular weight excluding hydrogens is 373 g/mol. The van der Waals surface area contributed by atoms with E-state index in [1.54, 1.807) is 18.2 Å². The lowest BCUT2D eigenvalue weighted by Crippen LogP contribution is -2.46. The normalized spacial score (nSPS) is 12.6. The van der Waals surface area contributed by atoms with Crippen LogP contribution in [0.3, 0.4) is 0 Å². The van der Waals surface area contributed by atoms with E-state index in [2.05, 4.69) is 10.5 Å². The molecule has 0 heterocycles. The van der Waals surface area contributed by atoms with Crippen LogP contribution in [0.4, 0.5) is 10.1 Å². The maximum atomic E-state index is 13.5. The summed E-state index contributed by atoms with van der Waals surface area (Å²) in [7, 11) is -2.25. The van der Waals surface area contributed by atoms with Crippen LogP contribution in [0.2, 0.25) is 0 Å². The molecule has 2 rings (SSSR count). The molecular formula is C18H20FN3O4S. The summed E-state index contributed by atoms with van der Waals surface area (Å²) in [4.78, 5) is 12.4. The average molecular weight is 393 g/mol. The Morgan fingerprint density at radius 1 is 1.22 bits per heavy atom. The molecule has 2 aromatic carbocycles. The van der Waals surface area contributed by atoms with Crippen LogP contribution in [0.15, 0.2) is 53.6 Å². The minimum absolute atomic E-state index is 0.195. The first-order valence-corrected chi connectivity index (χ1v) is 9.79. The molecule has 0 spiro atoms. The minimum atomic E-state index is -3.75. The molecule has 1 N–H and O–H groups in total. The second kappa shape index (κ2) is 8.63. The van der Waals surface area contributed by atoms with Gasteiger partial charge in [-0.1, -0.05) is 18.2 Å². The fraction of sp³-hybridized carbons (Fsp3) is 0.222. The third-order valence-electron chi connectivity index (χ3n) is 3.70. The zero-order chi connectivity index (χ0) is 20.0. The van der Waals surface area contributed by atoms with Crippen molar-refractivity contribution in [3.8, 4) is 5.75 Å². The van der Waals surface area contributed by atoms with Gasteiger partial charge in [-0.2, -0.15) is 5.10 Å². The first-order valence-electron chi connectivity index (χ1n) is 7.95. The highest BCUT2D eigenvalue weighted by Gasteiger charge is 2.29. The van der Waals surface area contributed by atoms with Crippen molar-refractivity contribution < 1.29 is 22.3 Å². The molecule has 1 amide bonds. The van der Waals surface area contributed by atoms with E-state index in [4.69, 9.17) is 4.74 Å².